The van der Waals surface area contributed by atoms with E-state index in [0.717, 1.165) is 42.7 Å². The summed E-state index contributed by atoms with van der Waals surface area (Å²) in [4.78, 5) is 6.99. The summed E-state index contributed by atoms with van der Waals surface area (Å²) in [6.45, 7) is 4.10. The number of rotatable bonds is 5. The summed E-state index contributed by atoms with van der Waals surface area (Å²) < 4.78 is 18.5. The molecule has 0 spiro atoms. The minimum absolute atomic E-state index is 0.234. The summed E-state index contributed by atoms with van der Waals surface area (Å²) in [5, 5.41) is 6.27. The van der Waals surface area contributed by atoms with Gasteiger partial charge in [-0.15, -0.1) is 11.3 Å². The Hall–Kier alpha value is -2.44. The molecule has 1 aromatic heterocycles. The normalized spacial score (nSPS) is 14.4. The van der Waals surface area contributed by atoms with Gasteiger partial charge in [0.25, 0.3) is 0 Å². The Balaban J connectivity index is 1.45. The number of ether oxygens (including phenoxy) is 1. The second kappa shape index (κ2) is 7.85. The molecule has 1 aliphatic heterocycles. The number of nitrogens with one attached hydrogen (secondary N) is 1. The van der Waals surface area contributed by atoms with Crippen LogP contribution in [0.4, 0.5) is 15.2 Å². The molecule has 6 heteroatoms. The largest absolute Gasteiger partial charge is 0.378 e. The number of para-hydroxylation sites is 1. The molecular formula is C20H20FN3OS. The van der Waals surface area contributed by atoms with Crippen molar-refractivity contribution in [1.82, 2.24) is 4.98 Å². The maximum absolute atomic E-state index is 13.1. The highest BCUT2D eigenvalue weighted by atomic mass is 32.1. The van der Waals surface area contributed by atoms with Crippen LogP contribution in [0.2, 0.25) is 0 Å². The van der Waals surface area contributed by atoms with Gasteiger partial charge < -0.3 is 15.0 Å². The summed E-state index contributed by atoms with van der Waals surface area (Å²) in [6, 6.07) is 14.9. The van der Waals surface area contributed by atoms with E-state index in [2.05, 4.69) is 39.5 Å². The summed E-state index contributed by atoms with van der Waals surface area (Å²) in [7, 11) is 0. The smallest absolute Gasteiger partial charge is 0.183 e. The predicted octanol–water partition coefficient (Wildman–Crippen LogP) is 4.40. The number of thiazole rings is 1. The van der Waals surface area contributed by atoms with E-state index >= 15 is 0 Å². The predicted molar refractivity (Wildman–Crippen MR) is 104 cm³/mol. The lowest BCUT2D eigenvalue weighted by atomic mass is 10.1. The molecule has 2 heterocycles. The highest BCUT2D eigenvalue weighted by Gasteiger charge is 2.14. The number of benzene rings is 2. The molecule has 0 radical (unpaired) electrons. The molecule has 0 amide bonds. The Labute approximate surface area is 156 Å². The molecule has 0 bridgehead atoms. The van der Waals surface area contributed by atoms with E-state index in [0.29, 0.717) is 6.54 Å². The van der Waals surface area contributed by atoms with Gasteiger partial charge in [-0.2, -0.15) is 0 Å². The molecule has 1 fully saturated rings. The van der Waals surface area contributed by atoms with Crippen LogP contribution in [-0.4, -0.2) is 31.3 Å². The fourth-order valence-corrected chi connectivity index (χ4v) is 3.77. The van der Waals surface area contributed by atoms with Gasteiger partial charge in [0.15, 0.2) is 5.13 Å². The van der Waals surface area contributed by atoms with Crippen molar-refractivity contribution in [3.05, 3.63) is 65.3 Å². The lowest BCUT2D eigenvalue weighted by molar-refractivity contribution is 0.122. The molecule has 0 aliphatic carbocycles. The van der Waals surface area contributed by atoms with E-state index in [1.54, 1.807) is 23.5 Å². The molecule has 0 unspecified atom stereocenters. The van der Waals surface area contributed by atoms with Gasteiger partial charge in [-0.25, -0.2) is 9.37 Å². The van der Waals surface area contributed by atoms with Crippen LogP contribution in [0, 0.1) is 5.82 Å². The zero-order valence-corrected chi connectivity index (χ0v) is 15.1. The van der Waals surface area contributed by atoms with Crippen LogP contribution in [0.15, 0.2) is 53.9 Å². The number of aromatic nitrogens is 1. The molecule has 1 saturated heterocycles. The highest BCUT2D eigenvalue weighted by Crippen LogP contribution is 2.27. The number of anilines is 2. The number of halogens is 1. The fourth-order valence-electron chi connectivity index (χ4n) is 3.05. The van der Waals surface area contributed by atoms with Crippen LogP contribution in [-0.2, 0) is 11.3 Å². The minimum atomic E-state index is -0.234. The number of hydrogen-bond donors (Lipinski definition) is 1. The third kappa shape index (κ3) is 3.86. The summed E-state index contributed by atoms with van der Waals surface area (Å²) in [5.41, 5.74) is 4.27. The van der Waals surface area contributed by atoms with E-state index in [-0.39, 0.29) is 5.82 Å². The van der Waals surface area contributed by atoms with Crippen LogP contribution in [0.5, 0.6) is 0 Å². The monoisotopic (exact) mass is 369 g/mol. The molecule has 0 atom stereocenters. The second-order valence-corrected chi connectivity index (χ2v) is 6.98. The Morgan fingerprint density at radius 2 is 1.85 bits per heavy atom. The van der Waals surface area contributed by atoms with Crippen molar-refractivity contribution in [1.29, 1.82) is 0 Å². The summed E-state index contributed by atoms with van der Waals surface area (Å²) in [6.07, 6.45) is 0. The molecule has 26 heavy (non-hydrogen) atoms. The Bertz CT molecular complexity index is 860. The average molecular weight is 369 g/mol. The molecule has 2 aromatic carbocycles. The first-order valence-electron chi connectivity index (χ1n) is 8.65. The van der Waals surface area contributed by atoms with Crippen molar-refractivity contribution in [2.45, 2.75) is 6.54 Å². The van der Waals surface area contributed by atoms with E-state index in [1.165, 1.54) is 23.4 Å². The SMILES string of the molecule is Fc1ccc(-c2csc(NCc3ccccc3N3CCOCC3)n2)cc1. The zero-order chi connectivity index (χ0) is 17.8. The van der Waals surface area contributed by atoms with Crippen molar-refractivity contribution in [3.8, 4) is 11.3 Å². The summed E-state index contributed by atoms with van der Waals surface area (Å²) >= 11 is 1.56. The van der Waals surface area contributed by atoms with Crippen LogP contribution >= 0.6 is 11.3 Å². The number of morpholine rings is 1. The molecule has 1 N–H and O–H groups in total. The van der Waals surface area contributed by atoms with Crippen LogP contribution in [0.3, 0.4) is 0 Å². The standard InChI is InChI=1S/C20H20FN3OS/c21-17-7-5-15(6-8-17)18-14-26-20(23-18)22-13-16-3-1-2-4-19(16)24-9-11-25-12-10-24/h1-8,14H,9-13H2,(H,22,23). The number of hydrogen-bond acceptors (Lipinski definition) is 5. The quantitative estimate of drug-likeness (QED) is 0.723. The van der Waals surface area contributed by atoms with E-state index in [9.17, 15) is 4.39 Å². The highest BCUT2D eigenvalue weighted by molar-refractivity contribution is 7.14. The van der Waals surface area contributed by atoms with Crippen molar-refractivity contribution >= 4 is 22.2 Å². The minimum Gasteiger partial charge on any atom is -0.378 e. The van der Waals surface area contributed by atoms with E-state index < -0.39 is 0 Å². The van der Waals surface area contributed by atoms with Crippen molar-refractivity contribution in [2.75, 3.05) is 36.5 Å². The molecule has 4 rings (SSSR count). The van der Waals surface area contributed by atoms with Gasteiger partial charge in [0.1, 0.15) is 5.82 Å². The first kappa shape index (κ1) is 17.0. The molecule has 134 valence electrons. The first-order chi connectivity index (χ1) is 12.8. The Morgan fingerprint density at radius 1 is 1.08 bits per heavy atom. The molecule has 3 aromatic rings. The van der Waals surface area contributed by atoms with Gasteiger partial charge in [0.05, 0.1) is 18.9 Å². The average Bonchev–Trinajstić information content (AvgIpc) is 3.17. The third-order valence-electron chi connectivity index (χ3n) is 4.42. The van der Waals surface area contributed by atoms with Gasteiger partial charge in [0.2, 0.25) is 0 Å². The van der Waals surface area contributed by atoms with Crippen LogP contribution in [0.25, 0.3) is 11.3 Å². The van der Waals surface area contributed by atoms with Gasteiger partial charge >= 0.3 is 0 Å². The van der Waals surface area contributed by atoms with Crippen molar-refractivity contribution < 1.29 is 9.13 Å². The fraction of sp³-hybridized carbons (Fsp3) is 0.250. The number of nitrogens with zero attached hydrogens (tertiary/aromatic N) is 2. The van der Waals surface area contributed by atoms with E-state index in [1.807, 2.05) is 5.38 Å². The molecule has 0 saturated carbocycles. The van der Waals surface area contributed by atoms with E-state index in [4.69, 9.17) is 4.74 Å². The van der Waals surface area contributed by atoms with Gasteiger partial charge in [-0.05, 0) is 35.9 Å². The van der Waals surface area contributed by atoms with Crippen molar-refractivity contribution in [2.24, 2.45) is 0 Å². The molecular weight excluding hydrogens is 349 g/mol. The maximum atomic E-state index is 13.1. The zero-order valence-electron chi connectivity index (χ0n) is 14.3. The molecule has 4 nitrogen and oxygen atoms in total. The molecule has 1 aliphatic rings. The van der Waals surface area contributed by atoms with Gasteiger partial charge in [-0.3, -0.25) is 0 Å². The van der Waals surface area contributed by atoms with Gasteiger partial charge in [-0.1, -0.05) is 18.2 Å². The van der Waals surface area contributed by atoms with Crippen LogP contribution < -0.4 is 10.2 Å². The Morgan fingerprint density at radius 3 is 2.65 bits per heavy atom. The Kier molecular flexibility index (Phi) is 5.13. The summed E-state index contributed by atoms with van der Waals surface area (Å²) in [5.74, 6) is -0.234. The van der Waals surface area contributed by atoms with Crippen LogP contribution in [0.1, 0.15) is 5.56 Å². The topological polar surface area (TPSA) is 37.4 Å². The third-order valence-corrected chi connectivity index (χ3v) is 5.22. The second-order valence-electron chi connectivity index (χ2n) is 6.13. The lowest BCUT2D eigenvalue weighted by Crippen LogP contribution is -2.36. The maximum Gasteiger partial charge on any atom is 0.183 e. The van der Waals surface area contributed by atoms with Gasteiger partial charge in [0, 0.05) is 36.3 Å². The first-order valence-corrected chi connectivity index (χ1v) is 9.53. The van der Waals surface area contributed by atoms with Crippen molar-refractivity contribution in [3.63, 3.8) is 0 Å². The lowest BCUT2D eigenvalue weighted by Gasteiger charge is -2.30.